The molecule has 7 nitrogen and oxygen atoms in total. The van der Waals surface area contributed by atoms with Crippen molar-refractivity contribution in [3.05, 3.63) is 16.4 Å². The molecule has 0 saturated heterocycles. The molecule has 0 bridgehead atoms. The normalized spacial score (nSPS) is 20.2. The molecule has 1 aliphatic carbocycles. The molecule has 2 rings (SSSR count). The summed E-state index contributed by atoms with van der Waals surface area (Å²) in [5, 5.41) is 14.0. The molecule has 0 amide bonds. The third kappa shape index (κ3) is 2.23. The van der Waals surface area contributed by atoms with E-state index < -0.39 is 10.9 Å². The second kappa shape index (κ2) is 4.38. The van der Waals surface area contributed by atoms with Gasteiger partial charge in [0.05, 0.1) is 6.54 Å². The first-order valence-corrected chi connectivity index (χ1v) is 5.23. The summed E-state index contributed by atoms with van der Waals surface area (Å²) in [6.45, 7) is 0.511. The van der Waals surface area contributed by atoms with Gasteiger partial charge in [-0.1, -0.05) is 4.98 Å². The number of carbonyl (C=O) groups excluding carboxylic acids is 1. The van der Waals surface area contributed by atoms with E-state index in [1.165, 1.54) is 11.0 Å². The number of nitro groups is 1. The van der Waals surface area contributed by atoms with Gasteiger partial charge in [0.1, 0.15) is 5.78 Å². The van der Waals surface area contributed by atoms with Crippen LogP contribution in [0.3, 0.4) is 0 Å². The molecule has 16 heavy (non-hydrogen) atoms. The van der Waals surface area contributed by atoms with Gasteiger partial charge in [0, 0.05) is 17.4 Å². The van der Waals surface area contributed by atoms with Crippen molar-refractivity contribution < 1.29 is 9.72 Å². The summed E-state index contributed by atoms with van der Waals surface area (Å²) in [4.78, 5) is 24.6. The van der Waals surface area contributed by atoms with Gasteiger partial charge in [-0.05, 0) is 24.2 Å². The standard InChI is InChI=1S/C9H12N4O3/c14-8-3-1-2-7(8)4-5-12-6-10-9(11-12)13(15)16/h6-7H,1-5H2. The van der Waals surface area contributed by atoms with Crippen LogP contribution in [0.15, 0.2) is 6.33 Å². The third-order valence-electron chi connectivity index (χ3n) is 2.83. The fourth-order valence-electron chi connectivity index (χ4n) is 1.96. The minimum atomic E-state index is -0.628. The lowest BCUT2D eigenvalue weighted by molar-refractivity contribution is -0.394. The van der Waals surface area contributed by atoms with E-state index in [2.05, 4.69) is 10.1 Å². The summed E-state index contributed by atoms with van der Waals surface area (Å²) in [6, 6.07) is 0. The van der Waals surface area contributed by atoms with Crippen LogP contribution < -0.4 is 0 Å². The number of Topliss-reactive ketones (excluding diaryl/α,β-unsaturated/α-hetero) is 1. The molecule has 1 fully saturated rings. The minimum absolute atomic E-state index is 0.100. The number of aromatic nitrogens is 3. The summed E-state index contributed by atoms with van der Waals surface area (Å²) >= 11 is 0. The monoisotopic (exact) mass is 224 g/mol. The molecular formula is C9H12N4O3. The molecular weight excluding hydrogens is 212 g/mol. The van der Waals surface area contributed by atoms with Crippen molar-refractivity contribution in [1.29, 1.82) is 0 Å². The quantitative estimate of drug-likeness (QED) is 0.560. The Bertz CT molecular complexity index is 415. The highest BCUT2D eigenvalue weighted by atomic mass is 16.6. The molecule has 1 aliphatic rings. The molecule has 1 atom stereocenters. The van der Waals surface area contributed by atoms with E-state index in [0.29, 0.717) is 25.2 Å². The predicted molar refractivity (Wildman–Crippen MR) is 53.6 cm³/mol. The van der Waals surface area contributed by atoms with Crippen molar-refractivity contribution in [3.8, 4) is 0 Å². The Hall–Kier alpha value is -1.79. The van der Waals surface area contributed by atoms with Crippen LogP contribution in [0.25, 0.3) is 0 Å². The summed E-state index contributed by atoms with van der Waals surface area (Å²) in [7, 11) is 0. The Morgan fingerprint density at radius 3 is 3.00 bits per heavy atom. The SMILES string of the molecule is O=C1CCCC1CCn1cnc([N+](=O)[O-])n1. The topological polar surface area (TPSA) is 90.9 Å². The fourth-order valence-corrected chi connectivity index (χ4v) is 1.96. The van der Waals surface area contributed by atoms with Crippen molar-refractivity contribution in [2.45, 2.75) is 32.2 Å². The largest absolute Gasteiger partial charge is 0.490 e. The van der Waals surface area contributed by atoms with E-state index in [1.54, 1.807) is 0 Å². The van der Waals surface area contributed by atoms with Gasteiger partial charge in [-0.2, -0.15) is 4.68 Å². The number of hydrogen-bond donors (Lipinski definition) is 0. The van der Waals surface area contributed by atoms with Crippen molar-refractivity contribution in [1.82, 2.24) is 14.8 Å². The molecule has 1 unspecified atom stereocenters. The van der Waals surface area contributed by atoms with Gasteiger partial charge in [-0.3, -0.25) is 4.79 Å². The van der Waals surface area contributed by atoms with Gasteiger partial charge in [0.15, 0.2) is 0 Å². The molecule has 0 N–H and O–H groups in total. The van der Waals surface area contributed by atoms with Crippen LogP contribution in [0.1, 0.15) is 25.7 Å². The lowest BCUT2D eigenvalue weighted by atomic mass is 10.0. The Labute approximate surface area is 91.6 Å². The summed E-state index contributed by atoms with van der Waals surface area (Å²) in [6.07, 6.45) is 4.58. The van der Waals surface area contributed by atoms with Crippen molar-refractivity contribution in [2.24, 2.45) is 5.92 Å². The minimum Gasteiger partial charge on any atom is -0.390 e. The highest BCUT2D eigenvalue weighted by Gasteiger charge is 2.24. The maximum Gasteiger partial charge on any atom is 0.490 e. The number of carbonyl (C=O) groups is 1. The van der Waals surface area contributed by atoms with Crippen molar-refractivity contribution in [2.75, 3.05) is 0 Å². The van der Waals surface area contributed by atoms with Gasteiger partial charge in [0.25, 0.3) is 0 Å². The molecule has 0 aromatic carbocycles. The second-order valence-corrected chi connectivity index (χ2v) is 3.91. The summed E-state index contributed by atoms with van der Waals surface area (Å²) in [5.74, 6) is 0.00983. The smallest absolute Gasteiger partial charge is 0.390 e. The van der Waals surface area contributed by atoms with Crippen LogP contribution in [0.4, 0.5) is 5.95 Å². The van der Waals surface area contributed by atoms with E-state index in [4.69, 9.17) is 0 Å². The van der Waals surface area contributed by atoms with Crippen LogP contribution in [0.5, 0.6) is 0 Å². The number of ketones is 1. The molecule has 0 aliphatic heterocycles. The van der Waals surface area contributed by atoms with E-state index in [-0.39, 0.29) is 5.92 Å². The lowest BCUT2D eigenvalue weighted by Gasteiger charge is -2.04. The van der Waals surface area contributed by atoms with Crippen LogP contribution >= 0.6 is 0 Å². The van der Waals surface area contributed by atoms with Gasteiger partial charge >= 0.3 is 5.95 Å². The zero-order chi connectivity index (χ0) is 11.5. The number of aryl methyl sites for hydroxylation is 1. The van der Waals surface area contributed by atoms with E-state index in [1.807, 2.05) is 0 Å². The van der Waals surface area contributed by atoms with E-state index in [9.17, 15) is 14.9 Å². The number of hydrogen-bond acceptors (Lipinski definition) is 5. The Balaban J connectivity index is 1.89. The molecule has 1 heterocycles. The van der Waals surface area contributed by atoms with Gasteiger partial charge < -0.3 is 10.1 Å². The van der Waals surface area contributed by atoms with Crippen LogP contribution in [-0.4, -0.2) is 25.5 Å². The second-order valence-electron chi connectivity index (χ2n) is 3.91. The number of nitrogens with zero attached hydrogens (tertiary/aromatic N) is 4. The number of rotatable bonds is 4. The fraction of sp³-hybridized carbons (Fsp3) is 0.667. The van der Waals surface area contributed by atoms with Gasteiger partial charge in [-0.15, -0.1) is 0 Å². The first-order valence-electron chi connectivity index (χ1n) is 5.23. The summed E-state index contributed by atoms with van der Waals surface area (Å²) in [5.41, 5.74) is 0. The molecule has 0 radical (unpaired) electrons. The van der Waals surface area contributed by atoms with Crippen molar-refractivity contribution >= 4 is 11.7 Å². The Morgan fingerprint density at radius 2 is 2.44 bits per heavy atom. The van der Waals surface area contributed by atoms with Gasteiger partial charge in [-0.25, -0.2) is 0 Å². The van der Waals surface area contributed by atoms with Crippen LogP contribution in [0.2, 0.25) is 0 Å². The summed E-state index contributed by atoms with van der Waals surface area (Å²) < 4.78 is 1.42. The molecule has 0 spiro atoms. The highest BCUT2D eigenvalue weighted by molar-refractivity contribution is 5.82. The Kier molecular flexibility index (Phi) is 2.93. The molecule has 86 valence electrons. The molecule has 1 aromatic rings. The zero-order valence-corrected chi connectivity index (χ0v) is 8.70. The highest BCUT2D eigenvalue weighted by Crippen LogP contribution is 2.24. The van der Waals surface area contributed by atoms with Gasteiger partial charge in [0.2, 0.25) is 6.33 Å². The van der Waals surface area contributed by atoms with E-state index in [0.717, 1.165) is 12.8 Å². The Morgan fingerprint density at radius 1 is 1.62 bits per heavy atom. The third-order valence-corrected chi connectivity index (χ3v) is 2.83. The predicted octanol–water partition coefficient (Wildman–Crippen LogP) is 0.946. The first kappa shape index (κ1) is 10.7. The molecule has 1 aromatic heterocycles. The first-order chi connectivity index (χ1) is 7.66. The maximum atomic E-state index is 11.4. The maximum absolute atomic E-state index is 11.4. The van der Waals surface area contributed by atoms with E-state index >= 15 is 0 Å². The molecule has 7 heteroatoms. The van der Waals surface area contributed by atoms with Crippen LogP contribution in [-0.2, 0) is 11.3 Å². The molecule has 1 saturated carbocycles. The average molecular weight is 224 g/mol. The van der Waals surface area contributed by atoms with Crippen LogP contribution in [0, 0.1) is 16.0 Å². The van der Waals surface area contributed by atoms with Crippen molar-refractivity contribution in [3.63, 3.8) is 0 Å². The average Bonchev–Trinajstić information content (AvgIpc) is 2.83. The lowest BCUT2D eigenvalue weighted by Crippen LogP contribution is -2.10. The zero-order valence-electron chi connectivity index (χ0n) is 8.70.